The molecule has 1 aliphatic carbocycles. The van der Waals surface area contributed by atoms with Crippen molar-refractivity contribution >= 4 is 11.8 Å². The molecule has 27 heavy (non-hydrogen) atoms. The molecule has 2 aliphatic rings. The van der Waals surface area contributed by atoms with Gasteiger partial charge < -0.3 is 10.2 Å². The van der Waals surface area contributed by atoms with Crippen LogP contribution < -0.4 is 5.32 Å². The molecule has 1 heterocycles. The lowest BCUT2D eigenvalue weighted by molar-refractivity contribution is -0.133. The summed E-state index contributed by atoms with van der Waals surface area (Å²) in [6.45, 7) is 5.91. The van der Waals surface area contributed by atoms with Crippen LogP contribution in [0, 0.1) is 5.82 Å². The first kappa shape index (κ1) is 19.8. The number of rotatable bonds is 7. The molecular formula is C20H29FN4O2. The fraction of sp³-hybridized carbons (Fsp3) is 0.600. The second kappa shape index (κ2) is 8.80. The Hall–Kier alpha value is -1.99. The summed E-state index contributed by atoms with van der Waals surface area (Å²) in [7, 11) is 1.77. The van der Waals surface area contributed by atoms with Gasteiger partial charge in [0.1, 0.15) is 5.82 Å². The minimum Gasteiger partial charge on any atom is -0.352 e. The van der Waals surface area contributed by atoms with Crippen molar-refractivity contribution in [3.63, 3.8) is 0 Å². The first-order valence-electron chi connectivity index (χ1n) is 9.67. The van der Waals surface area contributed by atoms with E-state index in [1.165, 1.54) is 12.1 Å². The fourth-order valence-corrected chi connectivity index (χ4v) is 3.29. The Labute approximate surface area is 160 Å². The van der Waals surface area contributed by atoms with E-state index in [9.17, 15) is 14.0 Å². The van der Waals surface area contributed by atoms with E-state index in [4.69, 9.17) is 0 Å². The summed E-state index contributed by atoms with van der Waals surface area (Å²) in [6, 6.07) is 6.48. The average molecular weight is 376 g/mol. The molecule has 2 amide bonds. The van der Waals surface area contributed by atoms with Crippen molar-refractivity contribution in [1.82, 2.24) is 20.0 Å². The predicted octanol–water partition coefficient (Wildman–Crippen LogP) is 1.07. The molecule has 6 nitrogen and oxygen atoms in total. The number of halogens is 1. The molecule has 1 saturated heterocycles. The molecule has 1 aromatic rings. The second-order valence-corrected chi connectivity index (χ2v) is 7.65. The molecule has 1 atom stereocenters. The minimum atomic E-state index is -0.273. The van der Waals surface area contributed by atoms with Gasteiger partial charge in [-0.1, -0.05) is 12.1 Å². The molecule has 148 valence electrons. The summed E-state index contributed by atoms with van der Waals surface area (Å²) >= 11 is 0. The van der Waals surface area contributed by atoms with Crippen LogP contribution in [0.5, 0.6) is 0 Å². The van der Waals surface area contributed by atoms with Crippen LogP contribution in [0.25, 0.3) is 0 Å². The summed E-state index contributed by atoms with van der Waals surface area (Å²) in [4.78, 5) is 30.6. The highest BCUT2D eigenvalue weighted by molar-refractivity contribution is 5.82. The van der Waals surface area contributed by atoms with Gasteiger partial charge in [-0.25, -0.2) is 4.39 Å². The van der Waals surface area contributed by atoms with Crippen LogP contribution in [0.3, 0.4) is 0 Å². The largest absolute Gasteiger partial charge is 0.352 e. The first-order chi connectivity index (χ1) is 12.9. The fourth-order valence-electron chi connectivity index (χ4n) is 3.29. The molecule has 0 spiro atoms. The van der Waals surface area contributed by atoms with E-state index in [1.54, 1.807) is 24.1 Å². The Morgan fingerprint density at radius 2 is 1.81 bits per heavy atom. The molecule has 0 radical (unpaired) electrons. The van der Waals surface area contributed by atoms with Crippen LogP contribution in [0.15, 0.2) is 24.3 Å². The third-order valence-corrected chi connectivity index (χ3v) is 5.38. The molecule has 1 aliphatic heterocycles. The van der Waals surface area contributed by atoms with E-state index < -0.39 is 0 Å². The Morgan fingerprint density at radius 3 is 2.41 bits per heavy atom. The van der Waals surface area contributed by atoms with E-state index in [-0.39, 0.29) is 23.7 Å². The number of amides is 2. The molecule has 3 rings (SSSR count). The summed E-state index contributed by atoms with van der Waals surface area (Å²) in [5.41, 5.74) is 0.910. The van der Waals surface area contributed by atoms with E-state index in [0.717, 1.165) is 44.6 Å². The highest BCUT2D eigenvalue weighted by Crippen LogP contribution is 2.19. The topological polar surface area (TPSA) is 55.9 Å². The Morgan fingerprint density at radius 1 is 1.19 bits per heavy atom. The number of carbonyl (C=O) groups is 2. The van der Waals surface area contributed by atoms with E-state index in [0.29, 0.717) is 19.1 Å². The summed E-state index contributed by atoms with van der Waals surface area (Å²) in [5, 5.41) is 3.06. The van der Waals surface area contributed by atoms with Crippen molar-refractivity contribution in [1.29, 1.82) is 0 Å². The number of hydrogen-bond donors (Lipinski definition) is 1. The van der Waals surface area contributed by atoms with Gasteiger partial charge in [0.25, 0.3) is 0 Å². The van der Waals surface area contributed by atoms with Gasteiger partial charge in [-0.2, -0.15) is 0 Å². The number of benzene rings is 1. The number of nitrogens with one attached hydrogen (secondary N) is 1. The SMILES string of the molecule is CC(C(=O)NC1CC1)N1CCN(CC(=O)N(C)Cc2ccc(F)cc2)CC1. The zero-order valence-electron chi connectivity index (χ0n) is 16.2. The van der Waals surface area contributed by atoms with Gasteiger partial charge in [-0.05, 0) is 37.5 Å². The minimum absolute atomic E-state index is 0.0484. The average Bonchev–Trinajstić information content (AvgIpc) is 3.47. The lowest BCUT2D eigenvalue weighted by Gasteiger charge is -2.37. The molecule has 0 aromatic heterocycles. The van der Waals surface area contributed by atoms with Crippen molar-refractivity contribution in [3.8, 4) is 0 Å². The lowest BCUT2D eigenvalue weighted by Crippen LogP contribution is -2.55. The van der Waals surface area contributed by atoms with Crippen molar-refractivity contribution < 1.29 is 14.0 Å². The standard InChI is InChI=1S/C20H29FN4O2/c1-15(20(27)22-18-7-8-18)25-11-9-24(10-12-25)14-19(26)23(2)13-16-3-5-17(21)6-4-16/h3-6,15,18H,7-14H2,1-2H3,(H,22,27). The summed E-state index contributed by atoms with van der Waals surface area (Å²) in [5.74, 6) is -0.112. The number of nitrogens with zero attached hydrogens (tertiary/aromatic N) is 3. The van der Waals surface area contributed by atoms with E-state index in [2.05, 4.69) is 15.1 Å². The van der Waals surface area contributed by atoms with Crippen LogP contribution in [-0.2, 0) is 16.1 Å². The van der Waals surface area contributed by atoms with Crippen molar-refractivity contribution in [2.24, 2.45) is 0 Å². The zero-order chi connectivity index (χ0) is 19.4. The van der Waals surface area contributed by atoms with Crippen molar-refractivity contribution in [2.75, 3.05) is 39.8 Å². The first-order valence-corrected chi connectivity index (χ1v) is 9.67. The lowest BCUT2D eigenvalue weighted by atomic mass is 10.2. The van der Waals surface area contributed by atoms with Gasteiger partial charge >= 0.3 is 0 Å². The Bertz CT molecular complexity index is 654. The molecule has 0 bridgehead atoms. The van der Waals surface area contributed by atoms with Crippen LogP contribution in [0.2, 0.25) is 0 Å². The van der Waals surface area contributed by atoms with Crippen molar-refractivity contribution in [3.05, 3.63) is 35.6 Å². The molecule has 1 saturated carbocycles. The van der Waals surface area contributed by atoms with E-state index in [1.807, 2.05) is 6.92 Å². The molecular weight excluding hydrogens is 347 g/mol. The van der Waals surface area contributed by atoms with Gasteiger partial charge in [-0.15, -0.1) is 0 Å². The third kappa shape index (κ3) is 5.74. The maximum atomic E-state index is 13.0. The molecule has 1 unspecified atom stereocenters. The van der Waals surface area contributed by atoms with Gasteiger partial charge in [0.15, 0.2) is 0 Å². The predicted molar refractivity (Wildman–Crippen MR) is 102 cm³/mol. The number of piperazine rings is 1. The van der Waals surface area contributed by atoms with Crippen LogP contribution in [-0.4, -0.2) is 78.4 Å². The Balaban J connectivity index is 1.40. The number of hydrogen-bond acceptors (Lipinski definition) is 4. The van der Waals surface area contributed by atoms with Gasteiger partial charge in [0.2, 0.25) is 11.8 Å². The summed E-state index contributed by atoms with van der Waals surface area (Å²) < 4.78 is 13.0. The molecule has 1 aromatic carbocycles. The third-order valence-electron chi connectivity index (χ3n) is 5.38. The van der Waals surface area contributed by atoms with Crippen LogP contribution in [0.4, 0.5) is 4.39 Å². The molecule has 7 heteroatoms. The van der Waals surface area contributed by atoms with Gasteiger partial charge in [-0.3, -0.25) is 19.4 Å². The van der Waals surface area contributed by atoms with Crippen LogP contribution >= 0.6 is 0 Å². The highest BCUT2D eigenvalue weighted by atomic mass is 19.1. The van der Waals surface area contributed by atoms with Crippen LogP contribution in [0.1, 0.15) is 25.3 Å². The maximum absolute atomic E-state index is 13.0. The highest BCUT2D eigenvalue weighted by Gasteiger charge is 2.30. The van der Waals surface area contributed by atoms with Gasteiger partial charge in [0.05, 0.1) is 12.6 Å². The maximum Gasteiger partial charge on any atom is 0.237 e. The van der Waals surface area contributed by atoms with Gasteiger partial charge in [0, 0.05) is 45.8 Å². The Kier molecular flexibility index (Phi) is 6.44. The molecule has 2 fully saturated rings. The second-order valence-electron chi connectivity index (χ2n) is 7.65. The zero-order valence-corrected chi connectivity index (χ0v) is 16.2. The number of likely N-dealkylation sites (N-methyl/N-ethyl adjacent to an activating group) is 1. The number of carbonyl (C=O) groups excluding carboxylic acids is 2. The normalized spacial score (nSPS) is 19.5. The van der Waals surface area contributed by atoms with E-state index >= 15 is 0 Å². The quantitative estimate of drug-likeness (QED) is 0.774. The van der Waals surface area contributed by atoms with Crippen molar-refractivity contribution in [2.45, 2.75) is 38.4 Å². The smallest absolute Gasteiger partial charge is 0.237 e. The summed E-state index contributed by atoms with van der Waals surface area (Å²) in [6.07, 6.45) is 2.19. The monoisotopic (exact) mass is 376 g/mol. The molecule has 1 N–H and O–H groups in total.